The fourth-order valence-corrected chi connectivity index (χ4v) is 3.87. The first-order valence-corrected chi connectivity index (χ1v) is 11.0. The lowest BCUT2D eigenvalue weighted by Gasteiger charge is -2.31. The minimum atomic E-state index is -0.467. The van der Waals surface area contributed by atoms with Crippen LogP contribution in [0.4, 0.5) is 11.5 Å². The summed E-state index contributed by atoms with van der Waals surface area (Å²) in [7, 11) is 0. The summed E-state index contributed by atoms with van der Waals surface area (Å²) in [5, 5.41) is 18.2. The first-order valence-electron chi connectivity index (χ1n) is 11.0. The number of hydrogen-bond acceptors (Lipinski definition) is 6. The Morgan fingerprint density at radius 1 is 1.12 bits per heavy atom. The Bertz CT molecular complexity index is 1170. The van der Waals surface area contributed by atoms with Gasteiger partial charge in [-0.15, -0.1) is 0 Å². The van der Waals surface area contributed by atoms with Gasteiger partial charge in [0.2, 0.25) is 5.91 Å². The molecule has 2 heterocycles. The number of nitrogens with one attached hydrogen (secondary N) is 1. The van der Waals surface area contributed by atoms with E-state index in [1.165, 1.54) is 12.1 Å². The van der Waals surface area contributed by atoms with Crippen LogP contribution in [0.1, 0.15) is 18.5 Å². The van der Waals surface area contributed by atoms with Crippen LogP contribution < -0.4 is 10.1 Å². The van der Waals surface area contributed by atoms with Crippen LogP contribution in [0.15, 0.2) is 60.7 Å². The number of carbonyl (C=O) groups is 2. The summed E-state index contributed by atoms with van der Waals surface area (Å²) in [6.07, 6.45) is 1.10. The maximum Gasteiger partial charge on any atom is 0.269 e. The molecule has 10 nitrogen and oxygen atoms in total. The molecule has 3 aromatic rings. The second-order valence-corrected chi connectivity index (χ2v) is 8.10. The van der Waals surface area contributed by atoms with Crippen molar-refractivity contribution in [3.05, 3.63) is 76.5 Å². The Kier molecular flexibility index (Phi) is 6.86. The van der Waals surface area contributed by atoms with E-state index in [0.717, 1.165) is 0 Å². The van der Waals surface area contributed by atoms with Crippen LogP contribution in [-0.4, -0.2) is 51.1 Å². The predicted molar refractivity (Wildman–Crippen MR) is 125 cm³/mol. The minimum absolute atomic E-state index is 0.0197. The lowest BCUT2D eigenvalue weighted by molar-refractivity contribution is -0.384. The highest BCUT2D eigenvalue weighted by molar-refractivity contribution is 5.92. The molecule has 1 aliphatic heterocycles. The molecule has 2 aromatic carbocycles. The number of amides is 2. The van der Waals surface area contributed by atoms with Gasteiger partial charge in [-0.3, -0.25) is 19.7 Å². The van der Waals surface area contributed by atoms with E-state index in [0.29, 0.717) is 48.9 Å². The van der Waals surface area contributed by atoms with E-state index in [2.05, 4.69) is 10.4 Å². The molecule has 0 saturated carbocycles. The maximum absolute atomic E-state index is 12.9. The molecule has 4 rings (SSSR count). The summed E-state index contributed by atoms with van der Waals surface area (Å²) < 4.78 is 7.09. The van der Waals surface area contributed by atoms with Crippen LogP contribution in [0.2, 0.25) is 0 Å². The first-order chi connectivity index (χ1) is 16.4. The lowest BCUT2D eigenvalue weighted by atomic mass is 9.96. The van der Waals surface area contributed by atoms with Gasteiger partial charge in [0.15, 0.2) is 6.61 Å². The van der Waals surface area contributed by atoms with Crippen LogP contribution in [0.3, 0.4) is 0 Å². The van der Waals surface area contributed by atoms with Gasteiger partial charge in [0, 0.05) is 37.2 Å². The van der Waals surface area contributed by atoms with Gasteiger partial charge in [0.05, 0.1) is 16.3 Å². The highest BCUT2D eigenvalue weighted by atomic mass is 16.6. The van der Waals surface area contributed by atoms with Crippen LogP contribution >= 0.6 is 0 Å². The molecule has 10 heteroatoms. The number of likely N-dealkylation sites (tertiary alicyclic amines) is 1. The van der Waals surface area contributed by atoms with Crippen LogP contribution in [0.25, 0.3) is 5.69 Å². The zero-order chi connectivity index (χ0) is 24.1. The second kappa shape index (κ2) is 10.2. The van der Waals surface area contributed by atoms with Crippen LogP contribution in [-0.2, 0) is 9.59 Å². The molecule has 0 unspecified atom stereocenters. The number of hydrogen-bond donors (Lipinski definition) is 1. The summed E-state index contributed by atoms with van der Waals surface area (Å²) in [6.45, 7) is 2.74. The molecule has 1 aliphatic rings. The van der Waals surface area contributed by atoms with Crippen molar-refractivity contribution in [3.8, 4) is 11.4 Å². The maximum atomic E-state index is 12.9. The Hall–Kier alpha value is -4.21. The minimum Gasteiger partial charge on any atom is -0.484 e. The number of carbonyl (C=O) groups excluding carboxylic acids is 2. The van der Waals surface area contributed by atoms with E-state index in [1.807, 2.05) is 18.2 Å². The van der Waals surface area contributed by atoms with E-state index in [1.54, 1.807) is 46.8 Å². The number of anilines is 1. The fourth-order valence-electron chi connectivity index (χ4n) is 3.87. The molecule has 0 atom stereocenters. The second-order valence-electron chi connectivity index (χ2n) is 8.10. The number of nitro groups is 1. The number of piperidine rings is 1. The number of rotatable bonds is 7. The van der Waals surface area contributed by atoms with E-state index in [9.17, 15) is 19.7 Å². The van der Waals surface area contributed by atoms with E-state index in [4.69, 9.17) is 4.74 Å². The predicted octanol–water partition coefficient (Wildman–Crippen LogP) is 3.35. The Morgan fingerprint density at radius 3 is 2.44 bits per heavy atom. The topological polar surface area (TPSA) is 120 Å². The van der Waals surface area contributed by atoms with Gasteiger partial charge in [0.25, 0.3) is 11.6 Å². The number of aryl methyl sites for hydroxylation is 1. The van der Waals surface area contributed by atoms with Gasteiger partial charge in [-0.2, -0.15) is 5.10 Å². The van der Waals surface area contributed by atoms with Crippen molar-refractivity contribution in [3.63, 3.8) is 0 Å². The third-order valence-corrected chi connectivity index (χ3v) is 5.71. The molecular formula is C24H25N5O5. The number of non-ortho nitro benzene ring substituents is 1. The monoisotopic (exact) mass is 463 g/mol. The average molecular weight is 463 g/mol. The normalized spacial score (nSPS) is 14.0. The summed E-state index contributed by atoms with van der Waals surface area (Å²) in [5.41, 5.74) is 1.29. The Balaban J connectivity index is 1.33. The average Bonchev–Trinajstić information content (AvgIpc) is 3.23. The van der Waals surface area contributed by atoms with Crippen molar-refractivity contribution < 1.29 is 19.2 Å². The van der Waals surface area contributed by atoms with Gasteiger partial charge in [-0.25, -0.2) is 4.68 Å². The van der Waals surface area contributed by atoms with Gasteiger partial charge in [-0.05, 0) is 44.0 Å². The lowest BCUT2D eigenvalue weighted by Crippen LogP contribution is -2.43. The summed E-state index contributed by atoms with van der Waals surface area (Å²) in [6, 6.07) is 16.9. The fraction of sp³-hybridized carbons (Fsp3) is 0.292. The van der Waals surface area contributed by atoms with Gasteiger partial charge < -0.3 is 15.0 Å². The first kappa shape index (κ1) is 23.0. The molecule has 0 bridgehead atoms. The molecule has 0 spiro atoms. The number of benzene rings is 2. The Morgan fingerprint density at radius 2 is 1.79 bits per heavy atom. The molecule has 0 aliphatic carbocycles. The molecular weight excluding hydrogens is 438 g/mol. The van der Waals surface area contributed by atoms with Crippen molar-refractivity contribution in [1.29, 1.82) is 0 Å². The SMILES string of the molecule is Cc1cc(NC(=O)C2CCN(C(=O)COc3ccccc3)CC2)n(-c2ccc([N+](=O)[O-])cc2)n1. The van der Waals surface area contributed by atoms with E-state index >= 15 is 0 Å². The molecule has 1 fully saturated rings. The number of para-hydroxylation sites is 1. The van der Waals surface area contributed by atoms with Crippen molar-refractivity contribution in [2.75, 3.05) is 25.0 Å². The molecule has 0 radical (unpaired) electrons. The largest absolute Gasteiger partial charge is 0.484 e. The number of nitro benzene ring substituents is 1. The smallest absolute Gasteiger partial charge is 0.269 e. The van der Waals surface area contributed by atoms with E-state index in [-0.39, 0.29) is 30.0 Å². The molecule has 1 N–H and O–H groups in total. The highest BCUT2D eigenvalue weighted by Gasteiger charge is 2.28. The van der Waals surface area contributed by atoms with Crippen molar-refractivity contribution in [1.82, 2.24) is 14.7 Å². The van der Waals surface area contributed by atoms with Crippen molar-refractivity contribution in [2.24, 2.45) is 5.92 Å². The van der Waals surface area contributed by atoms with Gasteiger partial charge in [-0.1, -0.05) is 18.2 Å². The molecule has 1 aromatic heterocycles. The number of ether oxygens (including phenoxy) is 1. The molecule has 176 valence electrons. The number of aromatic nitrogens is 2. The summed E-state index contributed by atoms with van der Waals surface area (Å²) >= 11 is 0. The zero-order valence-corrected chi connectivity index (χ0v) is 18.7. The Labute approximate surface area is 196 Å². The summed E-state index contributed by atoms with van der Waals surface area (Å²) in [4.78, 5) is 37.5. The van der Waals surface area contributed by atoms with Crippen molar-refractivity contribution >= 4 is 23.3 Å². The van der Waals surface area contributed by atoms with Gasteiger partial charge in [0.1, 0.15) is 11.6 Å². The standard InChI is InChI=1S/C24H25N5O5/c1-17-15-22(28(26-17)19-7-9-20(10-8-19)29(32)33)25-24(31)18-11-13-27(14-12-18)23(30)16-34-21-5-3-2-4-6-21/h2-10,15,18H,11-14,16H2,1H3,(H,25,31). The number of nitrogens with zero attached hydrogens (tertiary/aromatic N) is 4. The third kappa shape index (κ3) is 5.40. The third-order valence-electron chi connectivity index (χ3n) is 5.71. The molecule has 2 amide bonds. The van der Waals surface area contributed by atoms with Crippen LogP contribution in [0, 0.1) is 23.0 Å². The van der Waals surface area contributed by atoms with Gasteiger partial charge >= 0.3 is 0 Å². The summed E-state index contributed by atoms with van der Waals surface area (Å²) in [5.74, 6) is 0.654. The zero-order valence-electron chi connectivity index (χ0n) is 18.7. The molecule has 1 saturated heterocycles. The quantitative estimate of drug-likeness (QED) is 0.424. The highest BCUT2D eigenvalue weighted by Crippen LogP contribution is 2.23. The van der Waals surface area contributed by atoms with E-state index < -0.39 is 4.92 Å². The van der Waals surface area contributed by atoms with Crippen LogP contribution in [0.5, 0.6) is 5.75 Å². The van der Waals surface area contributed by atoms with Crippen molar-refractivity contribution in [2.45, 2.75) is 19.8 Å². The molecule has 34 heavy (non-hydrogen) atoms.